The number of alkyl halides is 1. The van der Waals surface area contributed by atoms with E-state index in [4.69, 9.17) is 14.0 Å². The van der Waals surface area contributed by atoms with E-state index in [1.54, 1.807) is 39.2 Å². The number of benzene rings is 2. The Morgan fingerprint density at radius 2 is 1.77 bits per heavy atom. The summed E-state index contributed by atoms with van der Waals surface area (Å²) in [5.41, 5.74) is 3.75. The Hall–Kier alpha value is -2.20. The zero-order valence-electron chi connectivity index (χ0n) is 17.7. The number of ether oxygens (including phenoxy) is 2. The van der Waals surface area contributed by atoms with Crippen molar-refractivity contribution in [1.82, 2.24) is 5.16 Å². The molecule has 0 atom stereocenters. The molecule has 3 aromatic rings. The lowest BCUT2D eigenvalue weighted by Crippen LogP contribution is -2.34. The lowest BCUT2D eigenvalue weighted by Gasteiger charge is -2.23. The van der Waals surface area contributed by atoms with Gasteiger partial charge in [0.1, 0.15) is 6.73 Å². The lowest BCUT2D eigenvalue weighted by molar-refractivity contribution is 0.0744. The van der Waals surface area contributed by atoms with Crippen molar-refractivity contribution in [3.8, 4) is 11.1 Å². The van der Waals surface area contributed by atoms with Crippen molar-refractivity contribution in [2.24, 2.45) is 0 Å². The molecule has 0 saturated heterocycles. The summed E-state index contributed by atoms with van der Waals surface area (Å²) in [6.07, 6.45) is 0. The minimum atomic E-state index is -4.02. The van der Waals surface area contributed by atoms with Crippen LogP contribution in [0.4, 0.5) is 5.88 Å². The molecule has 1 heterocycles. The van der Waals surface area contributed by atoms with Crippen molar-refractivity contribution in [2.75, 3.05) is 31.4 Å². The Kier molecular flexibility index (Phi) is 7.88. The Morgan fingerprint density at radius 1 is 1.06 bits per heavy atom. The van der Waals surface area contributed by atoms with Crippen LogP contribution in [-0.4, -0.2) is 40.6 Å². The minimum Gasteiger partial charge on any atom is -0.382 e. The van der Waals surface area contributed by atoms with Crippen molar-refractivity contribution < 1.29 is 22.4 Å². The van der Waals surface area contributed by atoms with Gasteiger partial charge in [-0.15, -0.1) is 0 Å². The first kappa shape index (κ1) is 23.5. The van der Waals surface area contributed by atoms with Crippen molar-refractivity contribution in [3.63, 3.8) is 0 Å². The van der Waals surface area contributed by atoms with Crippen LogP contribution in [0.2, 0.25) is 0 Å². The number of nitrogens with zero attached hydrogens (tertiary/aromatic N) is 2. The fourth-order valence-corrected chi connectivity index (χ4v) is 4.91. The van der Waals surface area contributed by atoms with E-state index in [1.807, 2.05) is 30.3 Å². The average Bonchev–Trinajstić information content (AvgIpc) is 3.11. The molecule has 9 heteroatoms. The maximum absolute atomic E-state index is 13.8. The van der Waals surface area contributed by atoms with E-state index in [0.717, 1.165) is 20.8 Å². The van der Waals surface area contributed by atoms with E-state index in [9.17, 15) is 8.42 Å². The Bertz CT molecular complexity index is 1110. The second kappa shape index (κ2) is 10.4. The SMILES string of the molecule is COCCOCN(c1onc(C)c1C)S(=O)(=O)c1ccccc1-c1ccc(CBr)cc1. The second-order valence-corrected chi connectivity index (χ2v) is 9.30. The number of methoxy groups -OCH3 is 1. The molecule has 0 saturated carbocycles. The number of rotatable bonds is 10. The first-order valence-electron chi connectivity index (χ1n) is 9.66. The smallest absolute Gasteiger partial charge is 0.269 e. The first-order chi connectivity index (χ1) is 14.9. The topological polar surface area (TPSA) is 81.9 Å². The predicted octanol–water partition coefficient (Wildman–Crippen LogP) is 4.67. The van der Waals surface area contributed by atoms with Gasteiger partial charge in [-0.2, -0.15) is 0 Å². The van der Waals surface area contributed by atoms with Crippen LogP contribution in [-0.2, 0) is 24.8 Å². The standard InChI is InChI=1S/C22H25BrN2O5S/c1-16-17(2)24-30-22(16)25(15-29-13-12-28-3)31(26,27)21-7-5-4-6-20(21)19-10-8-18(14-23)9-11-19/h4-11H,12-15H2,1-3H3. The highest BCUT2D eigenvalue weighted by atomic mass is 79.9. The van der Waals surface area contributed by atoms with Gasteiger partial charge in [-0.05, 0) is 31.0 Å². The molecule has 31 heavy (non-hydrogen) atoms. The molecule has 0 radical (unpaired) electrons. The molecular formula is C22H25BrN2O5S. The van der Waals surface area contributed by atoms with Crippen LogP contribution in [0, 0.1) is 13.8 Å². The van der Waals surface area contributed by atoms with Crippen LogP contribution < -0.4 is 4.31 Å². The monoisotopic (exact) mass is 508 g/mol. The molecule has 0 spiro atoms. The van der Waals surface area contributed by atoms with E-state index in [-0.39, 0.29) is 24.1 Å². The zero-order chi connectivity index (χ0) is 22.4. The summed E-state index contributed by atoms with van der Waals surface area (Å²) < 4.78 is 44.6. The van der Waals surface area contributed by atoms with Crippen molar-refractivity contribution in [3.05, 3.63) is 65.4 Å². The third-order valence-electron chi connectivity index (χ3n) is 4.87. The fraction of sp³-hybridized carbons (Fsp3) is 0.318. The predicted molar refractivity (Wildman–Crippen MR) is 123 cm³/mol. The van der Waals surface area contributed by atoms with Crippen molar-refractivity contribution in [1.29, 1.82) is 0 Å². The number of aromatic nitrogens is 1. The Morgan fingerprint density at radius 3 is 2.39 bits per heavy atom. The fourth-order valence-electron chi connectivity index (χ4n) is 2.99. The summed E-state index contributed by atoms with van der Waals surface area (Å²) in [7, 11) is -2.47. The molecule has 2 aromatic carbocycles. The molecule has 0 fully saturated rings. The van der Waals surface area contributed by atoms with E-state index >= 15 is 0 Å². The van der Waals surface area contributed by atoms with Crippen LogP contribution in [0.25, 0.3) is 11.1 Å². The zero-order valence-corrected chi connectivity index (χ0v) is 20.1. The maximum Gasteiger partial charge on any atom is 0.269 e. The lowest BCUT2D eigenvalue weighted by atomic mass is 10.0. The molecule has 0 aliphatic heterocycles. The Labute approximate surface area is 191 Å². The first-order valence-corrected chi connectivity index (χ1v) is 12.2. The number of aryl methyl sites for hydroxylation is 1. The summed E-state index contributed by atoms with van der Waals surface area (Å²) in [4.78, 5) is 0.158. The maximum atomic E-state index is 13.8. The van der Waals surface area contributed by atoms with Crippen LogP contribution in [0.3, 0.4) is 0 Å². The van der Waals surface area contributed by atoms with Crippen LogP contribution in [0.5, 0.6) is 0 Å². The van der Waals surface area contributed by atoms with E-state index in [2.05, 4.69) is 21.1 Å². The molecule has 1 aromatic heterocycles. The summed E-state index contributed by atoms with van der Waals surface area (Å²) in [5, 5.41) is 4.65. The van der Waals surface area contributed by atoms with Gasteiger partial charge in [0.15, 0.2) is 0 Å². The summed E-state index contributed by atoms with van der Waals surface area (Å²) in [6, 6.07) is 14.6. The summed E-state index contributed by atoms with van der Waals surface area (Å²) >= 11 is 3.43. The van der Waals surface area contributed by atoms with Gasteiger partial charge in [0, 0.05) is 23.6 Å². The number of anilines is 1. The molecule has 0 aliphatic rings. The van der Waals surface area contributed by atoms with Gasteiger partial charge in [-0.1, -0.05) is 63.6 Å². The second-order valence-electron chi connectivity index (χ2n) is 6.91. The minimum absolute atomic E-state index is 0.138. The molecule has 3 rings (SSSR count). The molecule has 166 valence electrons. The van der Waals surface area contributed by atoms with Gasteiger partial charge in [0.2, 0.25) is 5.88 Å². The highest BCUT2D eigenvalue weighted by Gasteiger charge is 2.32. The highest BCUT2D eigenvalue weighted by molar-refractivity contribution is 9.08. The average molecular weight is 509 g/mol. The van der Waals surface area contributed by atoms with Crippen LogP contribution in [0.1, 0.15) is 16.8 Å². The van der Waals surface area contributed by atoms with Gasteiger partial charge in [-0.25, -0.2) is 12.7 Å². The van der Waals surface area contributed by atoms with E-state index in [1.165, 1.54) is 0 Å². The largest absolute Gasteiger partial charge is 0.382 e. The van der Waals surface area contributed by atoms with Gasteiger partial charge in [0.25, 0.3) is 10.0 Å². The number of hydrogen-bond donors (Lipinski definition) is 0. The number of sulfonamides is 1. The number of hydrogen-bond acceptors (Lipinski definition) is 6. The molecule has 0 unspecified atom stereocenters. The molecule has 7 nitrogen and oxygen atoms in total. The summed E-state index contributed by atoms with van der Waals surface area (Å²) in [6.45, 7) is 3.89. The van der Waals surface area contributed by atoms with E-state index in [0.29, 0.717) is 23.4 Å². The van der Waals surface area contributed by atoms with Crippen molar-refractivity contribution in [2.45, 2.75) is 24.1 Å². The van der Waals surface area contributed by atoms with Gasteiger partial charge in [0.05, 0.1) is 23.8 Å². The van der Waals surface area contributed by atoms with Crippen LogP contribution in [0.15, 0.2) is 57.9 Å². The number of halogens is 1. The highest BCUT2D eigenvalue weighted by Crippen LogP contribution is 2.34. The molecule has 0 amide bonds. The van der Waals surface area contributed by atoms with Gasteiger partial charge in [-0.3, -0.25) is 0 Å². The van der Waals surface area contributed by atoms with Crippen LogP contribution >= 0.6 is 15.9 Å². The molecule has 0 N–H and O–H groups in total. The van der Waals surface area contributed by atoms with Gasteiger partial charge >= 0.3 is 0 Å². The van der Waals surface area contributed by atoms with E-state index < -0.39 is 10.0 Å². The summed E-state index contributed by atoms with van der Waals surface area (Å²) in [5.74, 6) is 0.138. The third kappa shape index (κ3) is 5.17. The van der Waals surface area contributed by atoms with Gasteiger partial charge < -0.3 is 14.0 Å². The molecular weight excluding hydrogens is 484 g/mol. The normalized spacial score (nSPS) is 11.6. The third-order valence-corrected chi connectivity index (χ3v) is 7.28. The molecule has 0 aliphatic carbocycles. The Balaban J connectivity index is 2.06. The molecule has 0 bridgehead atoms. The van der Waals surface area contributed by atoms with Crippen molar-refractivity contribution >= 4 is 31.8 Å². The quantitative estimate of drug-likeness (QED) is 0.225.